The van der Waals surface area contributed by atoms with Gasteiger partial charge in [0.1, 0.15) is 0 Å². The molecule has 114 valence electrons. The van der Waals surface area contributed by atoms with Crippen LogP contribution < -0.4 is 0 Å². The van der Waals surface area contributed by atoms with Gasteiger partial charge in [-0.05, 0) is 73.0 Å². The first-order chi connectivity index (χ1) is 9.23. The van der Waals surface area contributed by atoms with Gasteiger partial charge in [-0.25, -0.2) is 0 Å². The molecule has 0 bridgehead atoms. The molecule has 0 aromatic rings. The van der Waals surface area contributed by atoms with Crippen LogP contribution in [0.1, 0.15) is 72.6 Å². The van der Waals surface area contributed by atoms with Gasteiger partial charge in [-0.3, -0.25) is 0 Å². The number of hydrogen-bond donors (Lipinski definition) is 1. The van der Waals surface area contributed by atoms with Crippen molar-refractivity contribution in [3.63, 3.8) is 0 Å². The van der Waals surface area contributed by atoms with E-state index >= 15 is 0 Å². The zero-order chi connectivity index (χ0) is 14.8. The fourth-order valence-corrected chi connectivity index (χ4v) is 6.42. The van der Waals surface area contributed by atoms with Crippen LogP contribution in [-0.2, 0) is 0 Å². The molecule has 0 aliphatic heterocycles. The number of rotatable bonds is 0. The second-order valence-electron chi connectivity index (χ2n) is 8.94. The summed E-state index contributed by atoms with van der Waals surface area (Å²) in [4.78, 5) is 0. The third-order valence-corrected chi connectivity index (χ3v) is 7.81. The van der Waals surface area contributed by atoms with Crippen molar-refractivity contribution in [3.8, 4) is 0 Å². The lowest BCUT2D eigenvalue weighted by molar-refractivity contribution is -0.168. The zero-order valence-electron chi connectivity index (χ0n) is 13.8. The summed E-state index contributed by atoms with van der Waals surface area (Å²) < 4.78 is 0. The Balaban J connectivity index is 2.01. The monoisotopic (exact) mass is 276 g/mol. The first kappa shape index (κ1) is 14.6. The van der Waals surface area contributed by atoms with E-state index in [9.17, 15) is 5.11 Å². The molecule has 3 saturated carbocycles. The summed E-state index contributed by atoms with van der Waals surface area (Å²) >= 11 is 0. The van der Waals surface area contributed by atoms with E-state index in [-0.39, 0.29) is 11.5 Å². The van der Waals surface area contributed by atoms with Gasteiger partial charge >= 0.3 is 0 Å². The fourth-order valence-electron chi connectivity index (χ4n) is 6.42. The van der Waals surface area contributed by atoms with Crippen molar-refractivity contribution < 1.29 is 5.11 Å². The molecule has 3 aliphatic rings. The molecular formula is C19H32O. The Kier molecular flexibility index (Phi) is 3.18. The van der Waals surface area contributed by atoms with Crippen molar-refractivity contribution in [1.29, 1.82) is 0 Å². The van der Waals surface area contributed by atoms with Crippen LogP contribution in [0.4, 0.5) is 0 Å². The Labute approximate surface area is 124 Å². The Hall–Kier alpha value is -0.300. The summed E-state index contributed by atoms with van der Waals surface area (Å²) in [6.45, 7) is 14.1. The molecular weight excluding hydrogens is 244 g/mol. The third kappa shape index (κ3) is 1.71. The molecule has 0 spiro atoms. The van der Waals surface area contributed by atoms with Crippen LogP contribution in [-0.4, -0.2) is 11.2 Å². The summed E-state index contributed by atoms with van der Waals surface area (Å²) in [7, 11) is 0. The molecule has 20 heavy (non-hydrogen) atoms. The van der Waals surface area contributed by atoms with Crippen LogP contribution in [0.3, 0.4) is 0 Å². The normalized spacial score (nSPS) is 51.2. The summed E-state index contributed by atoms with van der Waals surface area (Å²) in [5.74, 6) is 1.45. The van der Waals surface area contributed by atoms with Gasteiger partial charge in [-0.2, -0.15) is 0 Å². The van der Waals surface area contributed by atoms with Crippen LogP contribution in [0.2, 0.25) is 0 Å². The molecule has 3 unspecified atom stereocenters. The van der Waals surface area contributed by atoms with Crippen molar-refractivity contribution in [2.45, 2.75) is 78.7 Å². The molecule has 0 heterocycles. The maximum atomic E-state index is 10.5. The zero-order valence-corrected chi connectivity index (χ0v) is 13.8. The van der Waals surface area contributed by atoms with Crippen molar-refractivity contribution in [3.05, 3.63) is 12.2 Å². The largest absolute Gasteiger partial charge is 0.393 e. The van der Waals surface area contributed by atoms with Gasteiger partial charge in [-0.15, -0.1) is 0 Å². The number of allylic oxidation sites excluding steroid dienone is 1. The fraction of sp³-hybridized carbons (Fsp3) is 0.895. The summed E-state index contributed by atoms with van der Waals surface area (Å²) in [5, 5.41) is 10.5. The molecule has 3 rings (SSSR count). The lowest BCUT2D eigenvalue weighted by Crippen LogP contribution is -2.59. The Morgan fingerprint density at radius 2 is 1.70 bits per heavy atom. The quantitative estimate of drug-likeness (QED) is 0.621. The van der Waals surface area contributed by atoms with E-state index in [1.807, 2.05) is 0 Å². The Bertz CT molecular complexity index is 423. The van der Waals surface area contributed by atoms with E-state index in [0.29, 0.717) is 16.7 Å². The number of hydrogen-bond acceptors (Lipinski definition) is 1. The van der Waals surface area contributed by atoms with Crippen molar-refractivity contribution >= 4 is 0 Å². The van der Waals surface area contributed by atoms with E-state index in [2.05, 4.69) is 34.3 Å². The van der Waals surface area contributed by atoms with Crippen LogP contribution in [0, 0.1) is 28.1 Å². The number of aliphatic hydroxyl groups excluding tert-OH is 1. The first-order valence-electron chi connectivity index (χ1n) is 8.59. The predicted octanol–water partition coefficient (Wildman–Crippen LogP) is 4.95. The van der Waals surface area contributed by atoms with Crippen LogP contribution in [0.15, 0.2) is 12.2 Å². The van der Waals surface area contributed by atoms with E-state index in [1.165, 1.54) is 44.1 Å². The van der Waals surface area contributed by atoms with Gasteiger partial charge in [0.25, 0.3) is 0 Å². The van der Waals surface area contributed by atoms with Crippen LogP contribution in [0.5, 0.6) is 0 Å². The minimum absolute atomic E-state index is 0.0765. The highest BCUT2D eigenvalue weighted by Crippen LogP contribution is 2.68. The topological polar surface area (TPSA) is 20.2 Å². The predicted molar refractivity (Wildman–Crippen MR) is 84.4 cm³/mol. The lowest BCUT2D eigenvalue weighted by Gasteiger charge is -2.65. The van der Waals surface area contributed by atoms with Gasteiger partial charge in [0.2, 0.25) is 0 Å². The summed E-state index contributed by atoms with van der Waals surface area (Å²) in [6.07, 6.45) is 8.56. The smallest absolute Gasteiger partial charge is 0.0594 e. The summed E-state index contributed by atoms with van der Waals surface area (Å²) in [5.41, 5.74) is 2.35. The standard InChI is InChI=1S/C19H32O/c1-13-7-6-8-15-18(13,4)11-9-14-17(2,3)16(20)10-12-19(14,15)5/h14-16,20H,1,6-12H2,2-5H3/t14?,15?,16?,18-,19-/m0/s1. The van der Waals surface area contributed by atoms with Crippen molar-refractivity contribution in [1.82, 2.24) is 0 Å². The average Bonchev–Trinajstić information content (AvgIpc) is 2.37. The molecule has 1 heteroatoms. The molecule has 5 atom stereocenters. The molecule has 0 radical (unpaired) electrons. The van der Waals surface area contributed by atoms with E-state index in [1.54, 1.807) is 0 Å². The minimum atomic E-state index is -0.114. The average molecular weight is 276 g/mol. The summed E-state index contributed by atoms with van der Waals surface area (Å²) in [6, 6.07) is 0. The van der Waals surface area contributed by atoms with Crippen LogP contribution >= 0.6 is 0 Å². The van der Waals surface area contributed by atoms with Gasteiger partial charge < -0.3 is 5.11 Å². The molecule has 1 N–H and O–H groups in total. The molecule has 1 nitrogen and oxygen atoms in total. The van der Waals surface area contributed by atoms with Gasteiger partial charge in [0.15, 0.2) is 0 Å². The lowest BCUT2D eigenvalue weighted by atomic mass is 9.40. The number of fused-ring (bicyclic) bond motifs is 3. The third-order valence-electron chi connectivity index (χ3n) is 7.81. The molecule has 0 aromatic carbocycles. The van der Waals surface area contributed by atoms with Crippen molar-refractivity contribution in [2.75, 3.05) is 0 Å². The Morgan fingerprint density at radius 1 is 1.00 bits per heavy atom. The number of aliphatic hydroxyl groups is 1. The maximum absolute atomic E-state index is 10.5. The Morgan fingerprint density at radius 3 is 2.40 bits per heavy atom. The molecule has 3 fully saturated rings. The highest BCUT2D eigenvalue weighted by atomic mass is 16.3. The maximum Gasteiger partial charge on any atom is 0.0594 e. The van der Waals surface area contributed by atoms with E-state index < -0.39 is 0 Å². The van der Waals surface area contributed by atoms with Gasteiger partial charge in [0.05, 0.1) is 6.10 Å². The molecule has 0 saturated heterocycles. The van der Waals surface area contributed by atoms with E-state index in [4.69, 9.17) is 0 Å². The van der Waals surface area contributed by atoms with Gasteiger partial charge in [0, 0.05) is 0 Å². The highest BCUT2D eigenvalue weighted by Gasteiger charge is 2.61. The van der Waals surface area contributed by atoms with E-state index in [0.717, 1.165) is 12.3 Å². The second-order valence-corrected chi connectivity index (χ2v) is 8.94. The van der Waals surface area contributed by atoms with Gasteiger partial charge in [-0.1, -0.05) is 39.8 Å². The molecule has 3 aliphatic carbocycles. The highest BCUT2D eigenvalue weighted by molar-refractivity contribution is 5.21. The molecule has 0 amide bonds. The molecule has 0 aromatic heterocycles. The SMILES string of the molecule is C=C1CCCC2[C@@]3(C)CCC(O)C(C)(C)C3CC[C@@]12C. The first-order valence-corrected chi connectivity index (χ1v) is 8.59. The minimum Gasteiger partial charge on any atom is -0.393 e. The van der Waals surface area contributed by atoms with Crippen molar-refractivity contribution in [2.24, 2.45) is 28.1 Å². The van der Waals surface area contributed by atoms with Crippen LogP contribution in [0.25, 0.3) is 0 Å². The second kappa shape index (κ2) is 4.35.